The molecule has 1 aromatic heterocycles. The molecule has 32 heavy (non-hydrogen) atoms. The number of anilines is 1. The lowest BCUT2D eigenvalue weighted by Crippen LogP contribution is -2.50. The van der Waals surface area contributed by atoms with Gasteiger partial charge in [-0.15, -0.1) is 0 Å². The molecule has 1 amide bonds. The van der Waals surface area contributed by atoms with E-state index in [1.165, 1.54) is 6.07 Å². The summed E-state index contributed by atoms with van der Waals surface area (Å²) < 4.78 is 5.71. The van der Waals surface area contributed by atoms with Gasteiger partial charge in [-0.05, 0) is 44.0 Å². The van der Waals surface area contributed by atoms with Crippen LogP contribution in [-0.4, -0.2) is 71.0 Å². The molecule has 1 N–H and O–H groups in total. The topological polar surface area (TPSA) is 101 Å². The summed E-state index contributed by atoms with van der Waals surface area (Å²) in [6.45, 7) is 6.42. The fourth-order valence-electron chi connectivity index (χ4n) is 4.27. The molecule has 0 saturated carbocycles. The van der Waals surface area contributed by atoms with Crippen LogP contribution in [0.5, 0.6) is 0 Å². The van der Waals surface area contributed by atoms with E-state index in [2.05, 4.69) is 15.2 Å². The first-order valence-corrected chi connectivity index (χ1v) is 11.1. The van der Waals surface area contributed by atoms with Gasteiger partial charge in [-0.3, -0.25) is 24.8 Å². The third kappa shape index (κ3) is 5.23. The number of amides is 1. The molecule has 9 nitrogen and oxygen atoms in total. The van der Waals surface area contributed by atoms with E-state index in [0.717, 1.165) is 44.8 Å². The lowest BCUT2D eigenvalue weighted by atomic mass is 10.1. The van der Waals surface area contributed by atoms with E-state index in [4.69, 9.17) is 4.74 Å². The Labute approximate surface area is 187 Å². The second-order valence-electron chi connectivity index (χ2n) is 8.34. The van der Waals surface area contributed by atoms with Gasteiger partial charge in [0.15, 0.2) is 0 Å². The Balaban J connectivity index is 1.40. The van der Waals surface area contributed by atoms with Gasteiger partial charge < -0.3 is 15.0 Å². The molecule has 2 fully saturated rings. The molecular weight excluding hydrogens is 410 g/mol. The van der Waals surface area contributed by atoms with Crippen molar-refractivity contribution in [2.75, 3.05) is 44.6 Å². The van der Waals surface area contributed by atoms with Crippen LogP contribution in [0.15, 0.2) is 42.6 Å². The van der Waals surface area contributed by atoms with Crippen molar-refractivity contribution in [2.24, 2.45) is 0 Å². The van der Waals surface area contributed by atoms with Gasteiger partial charge >= 0.3 is 0 Å². The molecule has 2 aliphatic heterocycles. The van der Waals surface area contributed by atoms with Crippen molar-refractivity contribution in [3.05, 3.63) is 64.0 Å². The van der Waals surface area contributed by atoms with Crippen molar-refractivity contribution in [1.82, 2.24) is 14.8 Å². The number of benzene rings is 1. The summed E-state index contributed by atoms with van der Waals surface area (Å²) in [7, 11) is 0. The minimum absolute atomic E-state index is 0.115. The molecule has 2 unspecified atom stereocenters. The Morgan fingerprint density at radius 2 is 2.09 bits per heavy atom. The Bertz CT molecular complexity index is 941. The Hall–Kier alpha value is -3.04. The molecule has 170 valence electrons. The first-order chi connectivity index (χ1) is 15.5. The number of nitro benzene ring substituents is 1. The third-order valence-electron chi connectivity index (χ3n) is 6.09. The zero-order valence-electron chi connectivity index (χ0n) is 18.3. The SMILES string of the molecule is CC(Nc1ccc(C(=O)N2CCN(CC3CCCO3)CC2)cc1[N+](=O)[O-])c1ccccn1. The highest BCUT2D eigenvalue weighted by Crippen LogP contribution is 2.29. The maximum atomic E-state index is 13.0. The average molecular weight is 440 g/mol. The smallest absolute Gasteiger partial charge is 0.293 e. The number of nitrogens with zero attached hydrogens (tertiary/aromatic N) is 4. The number of aromatic nitrogens is 1. The van der Waals surface area contributed by atoms with Crippen molar-refractivity contribution < 1.29 is 14.5 Å². The number of ether oxygens (including phenoxy) is 1. The molecule has 9 heteroatoms. The van der Waals surface area contributed by atoms with Crippen LogP contribution in [0.4, 0.5) is 11.4 Å². The summed E-state index contributed by atoms with van der Waals surface area (Å²) in [5.74, 6) is -0.172. The summed E-state index contributed by atoms with van der Waals surface area (Å²) in [5, 5.41) is 14.9. The van der Waals surface area contributed by atoms with Crippen LogP contribution < -0.4 is 5.32 Å². The molecule has 2 aliphatic rings. The summed E-state index contributed by atoms with van der Waals surface area (Å²) in [5.41, 5.74) is 1.37. The van der Waals surface area contributed by atoms with Crippen LogP contribution in [0.2, 0.25) is 0 Å². The number of nitro groups is 1. The standard InChI is InChI=1S/C23H29N5O4/c1-17(20-6-2-3-9-24-20)25-21-8-7-18(15-22(21)28(30)31)23(29)27-12-10-26(11-13-27)16-19-5-4-14-32-19/h2-3,6-9,15,17,19,25H,4-5,10-14,16H2,1H3. The van der Waals surface area contributed by atoms with Gasteiger partial charge in [0, 0.05) is 57.2 Å². The van der Waals surface area contributed by atoms with Gasteiger partial charge in [-0.25, -0.2) is 0 Å². The number of nitrogens with one attached hydrogen (secondary N) is 1. The maximum absolute atomic E-state index is 13.0. The van der Waals surface area contributed by atoms with E-state index in [1.54, 1.807) is 23.2 Å². The van der Waals surface area contributed by atoms with E-state index in [0.29, 0.717) is 30.4 Å². The van der Waals surface area contributed by atoms with Crippen molar-refractivity contribution in [3.63, 3.8) is 0 Å². The van der Waals surface area contributed by atoms with Gasteiger partial charge in [-0.1, -0.05) is 6.07 Å². The highest BCUT2D eigenvalue weighted by Gasteiger charge is 2.27. The quantitative estimate of drug-likeness (QED) is 0.523. The maximum Gasteiger partial charge on any atom is 0.293 e. The van der Waals surface area contributed by atoms with Crippen molar-refractivity contribution in [3.8, 4) is 0 Å². The molecule has 2 saturated heterocycles. The Morgan fingerprint density at radius 1 is 1.28 bits per heavy atom. The largest absolute Gasteiger partial charge is 0.377 e. The zero-order chi connectivity index (χ0) is 22.5. The fourth-order valence-corrected chi connectivity index (χ4v) is 4.27. The number of carbonyl (C=O) groups is 1. The van der Waals surface area contributed by atoms with Gasteiger partial charge in [0.2, 0.25) is 0 Å². The van der Waals surface area contributed by atoms with Crippen molar-refractivity contribution in [1.29, 1.82) is 0 Å². The van der Waals surface area contributed by atoms with Crippen LogP contribution >= 0.6 is 0 Å². The predicted molar refractivity (Wildman–Crippen MR) is 121 cm³/mol. The first-order valence-electron chi connectivity index (χ1n) is 11.1. The van der Waals surface area contributed by atoms with Crippen LogP contribution in [-0.2, 0) is 4.74 Å². The van der Waals surface area contributed by atoms with Crippen LogP contribution in [0.25, 0.3) is 0 Å². The van der Waals surface area contributed by atoms with E-state index in [9.17, 15) is 14.9 Å². The third-order valence-corrected chi connectivity index (χ3v) is 6.09. The van der Waals surface area contributed by atoms with E-state index < -0.39 is 4.92 Å². The molecule has 3 heterocycles. The molecule has 2 aromatic rings. The highest BCUT2D eigenvalue weighted by atomic mass is 16.6. The molecule has 2 atom stereocenters. The molecule has 0 radical (unpaired) electrons. The summed E-state index contributed by atoms with van der Waals surface area (Å²) in [6.07, 6.45) is 4.20. The Morgan fingerprint density at radius 3 is 2.75 bits per heavy atom. The fraction of sp³-hybridized carbons (Fsp3) is 0.478. The highest BCUT2D eigenvalue weighted by molar-refractivity contribution is 5.95. The zero-order valence-corrected chi connectivity index (χ0v) is 18.3. The summed E-state index contributed by atoms with van der Waals surface area (Å²) in [6, 6.07) is 9.97. The summed E-state index contributed by atoms with van der Waals surface area (Å²) in [4.78, 5) is 32.7. The Kier molecular flexibility index (Phi) is 6.96. The van der Waals surface area contributed by atoms with Gasteiger partial charge in [0.1, 0.15) is 5.69 Å². The second kappa shape index (κ2) is 10.1. The number of carbonyl (C=O) groups excluding carboxylic acids is 1. The molecule has 4 rings (SSSR count). The lowest BCUT2D eigenvalue weighted by molar-refractivity contribution is -0.384. The second-order valence-corrected chi connectivity index (χ2v) is 8.34. The van der Waals surface area contributed by atoms with E-state index in [-0.39, 0.29) is 17.6 Å². The van der Waals surface area contributed by atoms with Crippen molar-refractivity contribution in [2.45, 2.75) is 31.9 Å². The van der Waals surface area contributed by atoms with Crippen LogP contribution in [0, 0.1) is 10.1 Å². The molecule has 0 spiro atoms. The average Bonchev–Trinajstić information content (AvgIpc) is 3.33. The molecule has 1 aromatic carbocycles. The number of piperazine rings is 1. The van der Waals surface area contributed by atoms with E-state index in [1.807, 2.05) is 25.1 Å². The predicted octanol–water partition coefficient (Wildman–Crippen LogP) is 3.10. The van der Waals surface area contributed by atoms with Gasteiger partial charge in [0.25, 0.3) is 11.6 Å². The molecule has 0 bridgehead atoms. The first kappa shape index (κ1) is 22.2. The van der Waals surface area contributed by atoms with E-state index >= 15 is 0 Å². The number of pyridine rings is 1. The minimum atomic E-state index is -0.455. The van der Waals surface area contributed by atoms with Gasteiger partial charge in [-0.2, -0.15) is 0 Å². The van der Waals surface area contributed by atoms with Crippen molar-refractivity contribution >= 4 is 17.3 Å². The summed E-state index contributed by atoms with van der Waals surface area (Å²) >= 11 is 0. The van der Waals surface area contributed by atoms with Gasteiger partial charge in [0.05, 0.1) is 22.8 Å². The minimum Gasteiger partial charge on any atom is -0.377 e. The number of hydrogen-bond acceptors (Lipinski definition) is 7. The lowest BCUT2D eigenvalue weighted by Gasteiger charge is -2.35. The van der Waals surface area contributed by atoms with Crippen LogP contribution in [0.3, 0.4) is 0 Å². The monoisotopic (exact) mass is 439 g/mol. The number of rotatable bonds is 7. The molecule has 0 aliphatic carbocycles. The molecular formula is C23H29N5O4. The van der Waals surface area contributed by atoms with Crippen LogP contribution in [0.1, 0.15) is 41.9 Å². The number of hydrogen-bond donors (Lipinski definition) is 1. The normalized spacial score (nSPS) is 20.2.